The van der Waals surface area contributed by atoms with Crippen LogP contribution in [-0.4, -0.2) is 21.4 Å². The van der Waals surface area contributed by atoms with Gasteiger partial charge in [0.25, 0.3) is 10.0 Å². The average molecular weight is 384 g/mol. The standard InChI is InChI=1S/C20H17FN2O3S/c1-26-19-10-6-5-9-18(19)22-20(15-7-3-2-4-8-15)23-27(24,25)17-13-11-16(21)12-14-17/h2-14H,1H3,(H,22,23). The summed E-state index contributed by atoms with van der Waals surface area (Å²) in [6.45, 7) is 0. The van der Waals surface area contributed by atoms with Crippen molar-refractivity contribution in [2.24, 2.45) is 4.40 Å². The van der Waals surface area contributed by atoms with E-state index in [1.165, 1.54) is 19.2 Å². The van der Waals surface area contributed by atoms with Gasteiger partial charge in [-0.3, -0.25) is 0 Å². The molecule has 27 heavy (non-hydrogen) atoms. The fraction of sp³-hybridized carbons (Fsp3) is 0.0500. The zero-order valence-electron chi connectivity index (χ0n) is 14.5. The van der Waals surface area contributed by atoms with Gasteiger partial charge in [0.05, 0.1) is 17.7 Å². The minimum atomic E-state index is -4.05. The number of anilines is 1. The molecule has 0 aliphatic heterocycles. The van der Waals surface area contributed by atoms with Gasteiger partial charge in [-0.1, -0.05) is 42.5 Å². The summed E-state index contributed by atoms with van der Waals surface area (Å²) in [5.74, 6) is 0.151. The zero-order chi connectivity index (χ0) is 19.3. The quantitative estimate of drug-likeness (QED) is 0.532. The Morgan fingerprint density at radius 2 is 1.56 bits per heavy atom. The van der Waals surface area contributed by atoms with Crippen molar-refractivity contribution >= 4 is 21.5 Å². The smallest absolute Gasteiger partial charge is 0.284 e. The van der Waals surface area contributed by atoms with E-state index in [2.05, 4.69) is 9.71 Å². The minimum Gasteiger partial charge on any atom is -0.495 e. The number of methoxy groups -OCH3 is 1. The molecule has 0 aliphatic rings. The third-order valence-corrected chi connectivity index (χ3v) is 5.02. The normalized spacial score (nSPS) is 11.9. The molecule has 0 radical (unpaired) electrons. The largest absolute Gasteiger partial charge is 0.495 e. The lowest BCUT2D eigenvalue weighted by atomic mass is 10.2. The molecular weight excluding hydrogens is 367 g/mol. The Balaban J connectivity index is 2.07. The van der Waals surface area contributed by atoms with Gasteiger partial charge in [0.1, 0.15) is 11.6 Å². The number of halogens is 1. The first-order chi connectivity index (χ1) is 13.0. The summed E-state index contributed by atoms with van der Waals surface area (Å²) in [6.07, 6.45) is 0. The van der Waals surface area contributed by atoms with Crippen molar-refractivity contribution in [2.75, 3.05) is 12.4 Å². The van der Waals surface area contributed by atoms with E-state index in [9.17, 15) is 12.8 Å². The Morgan fingerprint density at radius 1 is 0.926 bits per heavy atom. The van der Waals surface area contributed by atoms with Gasteiger partial charge in [-0.15, -0.1) is 4.40 Å². The molecule has 138 valence electrons. The lowest BCUT2D eigenvalue weighted by molar-refractivity contribution is 0.417. The summed E-state index contributed by atoms with van der Waals surface area (Å²) >= 11 is 0. The van der Waals surface area contributed by atoms with Crippen LogP contribution in [0.25, 0.3) is 0 Å². The van der Waals surface area contributed by atoms with Crippen molar-refractivity contribution in [3.05, 3.63) is 90.2 Å². The summed E-state index contributed by atoms with van der Waals surface area (Å²) < 4.78 is 47.7. The number of benzene rings is 3. The summed E-state index contributed by atoms with van der Waals surface area (Å²) in [7, 11) is -2.52. The SMILES string of the molecule is COc1ccccc1N/C(=N\S(=O)(=O)c1ccc(F)cc1)c1ccccc1. The Labute approximate surface area is 157 Å². The van der Waals surface area contributed by atoms with Crippen LogP contribution in [0.2, 0.25) is 0 Å². The van der Waals surface area contributed by atoms with Crippen LogP contribution in [-0.2, 0) is 10.0 Å². The second-order valence-electron chi connectivity index (χ2n) is 5.56. The van der Waals surface area contributed by atoms with Gasteiger partial charge in [-0.25, -0.2) is 4.39 Å². The highest BCUT2D eigenvalue weighted by molar-refractivity contribution is 7.90. The van der Waals surface area contributed by atoms with E-state index in [-0.39, 0.29) is 10.7 Å². The first kappa shape index (κ1) is 18.6. The number of rotatable bonds is 5. The fourth-order valence-corrected chi connectivity index (χ4v) is 3.38. The monoisotopic (exact) mass is 384 g/mol. The second kappa shape index (κ2) is 8.01. The number of nitrogens with one attached hydrogen (secondary N) is 1. The number of hydrogen-bond donors (Lipinski definition) is 1. The highest BCUT2D eigenvalue weighted by atomic mass is 32.2. The van der Waals surface area contributed by atoms with Crippen LogP contribution < -0.4 is 10.1 Å². The molecule has 3 aromatic carbocycles. The number of amidine groups is 1. The maximum atomic E-state index is 13.1. The molecule has 0 aliphatic carbocycles. The molecule has 0 aromatic heterocycles. The van der Waals surface area contributed by atoms with Crippen LogP contribution in [0.4, 0.5) is 10.1 Å². The van der Waals surface area contributed by atoms with Crippen molar-refractivity contribution < 1.29 is 17.5 Å². The molecule has 3 aromatic rings. The second-order valence-corrected chi connectivity index (χ2v) is 7.16. The van der Waals surface area contributed by atoms with Gasteiger partial charge in [-0.05, 0) is 36.4 Å². The van der Waals surface area contributed by atoms with E-state index < -0.39 is 15.8 Å². The molecule has 7 heteroatoms. The van der Waals surface area contributed by atoms with Gasteiger partial charge in [0, 0.05) is 5.56 Å². The molecule has 0 spiro atoms. The van der Waals surface area contributed by atoms with Crippen molar-refractivity contribution in [1.82, 2.24) is 0 Å². The third kappa shape index (κ3) is 4.51. The molecule has 5 nitrogen and oxygen atoms in total. The Morgan fingerprint density at radius 3 is 2.22 bits per heavy atom. The number of ether oxygens (including phenoxy) is 1. The molecular formula is C20H17FN2O3S. The van der Waals surface area contributed by atoms with Crippen LogP contribution in [0.15, 0.2) is 88.2 Å². The fourth-order valence-electron chi connectivity index (χ4n) is 2.40. The van der Waals surface area contributed by atoms with Gasteiger partial charge in [0.2, 0.25) is 0 Å². The molecule has 0 amide bonds. The molecule has 1 N–H and O–H groups in total. The summed E-state index contributed by atoms with van der Waals surface area (Å²) in [4.78, 5) is -0.0980. The van der Waals surface area contributed by atoms with Crippen LogP contribution >= 0.6 is 0 Å². The zero-order valence-corrected chi connectivity index (χ0v) is 15.3. The highest BCUT2D eigenvalue weighted by Gasteiger charge is 2.17. The van der Waals surface area contributed by atoms with Crippen LogP contribution in [0.1, 0.15) is 5.56 Å². The average Bonchev–Trinajstić information content (AvgIpc) is 2.69. The van der Waals surface area contributed by atoms with Crippen molar-refractivity contribution in [1.29, 1.82) is 0 Å². The van der Waals surface area contributed by atoms with E-state index in [1.54, 1.807) is 48.5 Å². The molecule has 0 atom stereocenters. The number of sulfonamides is 1. The van der Waals surface area contributed by atoms with Gasteiger partial charge in [0.15, 0.2) is 5.84 Å². The topological polar surface area (TPSA) is 67.8 Å². The van der Waals surface area contributed by atoms with Crippen molar-refractivity contribution in [2.45, 2.75) is 4.90 Å². The minimum absolute atomic E-state index is 0.0980. The third-order valence-electron chi connectivity index (χ3n) is 3.73. The van der Waals surface area contributed by atoms with Gasteiger partial charge >= 0.3 is 0 Å². The predicted octanol–water partition coefficient (Wildman–Crippen LogP) is 4.08. The summed E-state index contributed by atoms with van der Waals surface area (Å²) in [5, 5.41) is 3.02. The molecule has 0 unspecified atom stereocenters. The highest BCUT2D eigenvalue weighted by Crippen LogP contribution is 2.24. The van der Waals surface area contributed by atoms with E-state index in [0.29, 0.717) is 17.0 Å². The van der Waals surface area contributed by atoms with Crippen LogP contribution in [0, 0.1) is 5.82 Å². The molecule has 0 fully saturated rings. The van der Waals surface area contributed by atoms with E-state index in [4.69, 9.17) is 4.74 Å². The first-order valence-electron chi connectivity index (χ1n) is 8.05. The lowest BCUT2D eigenvalue weighted by Gasteiger charge is -2.13. The molecule has 0 heterocycles. The number of para-hydroxylation sites is 2. The predicted molar refractivity (Wildman–Crippen MR) is 103 cm³/mol. The lowest BCUT2D eigenvalue weighted by Crippen LogP contribution is -2.17. The summed E-state index contributed by atoms with van der Waals surface area (Å²) in [5.41, 5.74) is 1.14. The number of hydrogen-bond acceptors (Lipinski definition) is 3. The first-order valence-corrected chi connectivity index (χ1v) is 9.49. The molecule has 3 rings (SSSR count). The van der Waals surface area contributed by atoms with Crippen molar-refractivity contribution in [3.63, 3.8) is 0 Å². The van der Waals surface area contributed by atoms with Crippen LogP contribution in [0.3, 0.4) is 0 Å². The molecule has 0 saturated heterocycles. The molecule has 0 saturated carbocycles. The maximum Gasteiger partial charge on any atom is 0.284 e. The Hall–Kier alpha value is -3.19. The van der Waals surface area contributed by atoms with Crippen LogP contribution in [0.5, 0.6) is 5.75 Å². The van der Waals surface area contributed by atoms with Gasteiger partial charge < -0.3 is 10.1 Å². The number of nitrogens with zero attached hydrogens (tertiary/aromatic N) is 1. The van der Waals surface area contributed by atoms with E-state index in [0.717, 1.165) is 12.1 Å². The molecule has 0 bridgehead atoms. The van der Waals surface area contributed by atoms with E-state index in [1.807, 2.05) is 6.07 Å². The van der Waals surface area contributed by atoms with Crippen molar-refractivity contribution in [3.8, 4) is 5.75 Å². The van der Waals surface area contributed by atoms with E-state index >= 15 is 0 Å². The van der Waals surface area contributed by atoms with Gasteiger partial charge in [-0.2, -0.15) is 8.42 Å². The Bertz CT molecular complexity index is 1050. The summed E-state index contributed by atoms with van der Waals surface area (Å²) in [6, 6.07) is 20.5. The Kier molecular flexibility index (Phi) is 5.52. The maximum absolute atomic E-state index is 13.1.